The Hall–Kier alpha value is -1.63. The van der Waals surface area contributed by atoms with E-state index in [4.69, 9.17) is 4.74 Å². The van der Waals surface area contributed by atoms with Crippen molar-refractivity contribution in [3.63, 3.8) is 0 Å². The molecule has 122 valence electrons. The highest BCUT2D eigenvalue weighted by molar-refractivity contribution is 7.99. The molecule has 1 rings (SSSR count). The number of amides is 1. The molecule has 22 heavy (non-hydrogen) atoms. The second kappa shape index (κ2) is 7.09. The number of aldehydes is 1. The number of alkyl carbamates (subject to hydrolysis) is 1. The van der Waals surface area contributed by atoms with Crippen molar-refractivity contribution in [1.29, 1.82) is 0 Å². The number of carbonyl (C=O) groups excluding carboxylic acids is 2. The molecule has 0 bridgehead atoms. The third kappa shape index (κ3) is 5.63. The molecular formula is C15H19F2NO3S. The first-order chi connectivity index (χ1) is 10.1. The molecule has 0 saturated heterocycles. The van der Waals surface area contributed by atoms with Crippen LogP contribution in [-0.4, -0.2) is 23.7 Å². The first-order valence-corrected chi connectivity index (χ1v) is 7.46. The van der Waals surface area contributed by atoms with Gasteiger partial charge < -0.3 is 14.8 Å². The van der Waals surface area contributed by atoms with Gasteiger partial charge in [0.1, 0.15) is 17.4 Å². The maximum Gasteiger partial charge on any atom is 0.408 e. The highest BCUT2D eigenvalue weighted by Crippen LogP contribution is 2.29. The number of nitrogens with one attached hydrogen (secondary N) is 1. The molecule has 0 fully saturated rings. The molecule has 0 aliphatic heterocycles. The Labute approximate surface area is 132 Å². The van der Waals surface area contributed by atoms with Gasteiger partial charge >= 0.3 is 6.09 Å². The number of thioether (sulfide) groups is 1. The maximum absolute atomic E-state index is 12.4. The Balaban J connectivity index is 2.98. The predicted molar refractivity (Wildman–Crippen MR) is 81.1 cm³/mol. The van der Waals surface area contributed by atoms with E-state index in [0.29, 0.717) is 28.5 Å². The summed E-state index contributed by atoms with van der Waals surface area (Å²) >= 11 is 0.375. The number of ether oxygens (including phenoxy) is 1. The highest BCUT2D eigenvalue weighted by atomic mass is 32.2. The van der Waals surface area contributed by atoms with E-state index in [1.165, 1.54) is 19.1 Å². The normalized spacial score (nSPS) is 14.3. The number of carbonyl (C=O) groups is 2. The van der Waals surface area contributed by atoms with Gasteiger partial charge in [0.2, 0.25) is 0 Å². The number of rotatable bonds is 5. The predicted octanol–water partition coefficient (Wildman–Crippen LogP) is 3.94. The van der Waals surface area contributed by atoms with Gasteiger partial charge in [0.25, 0.3) is 5.76 Å². The van der Waals surface area contributed by atoms with Crippen LogP contribution in [0, 0.1) is 0 Å². The SMILES string of the molecule is CC(C)(C)OC(=O)NC(C)(C=O)c1cccc(SC(F)F)c1. The lowest BCUT2D eigenvalue weighted by atomic mass is 9.94. The first-order valence-electron chi connectivity index (χ1n) is 6.58. The third-order valence-corrected chi connectivity index (χ3v) is 3.36. The van der Waals surface area contributed by atoms with E-state index in [1.807, 2.05) is 0 Å². The van der Waals surface area contributed by atoms with E-state index < -0.39 is 23.0 Å². The molecule has 1 aromatic carbocycles. The smallest absolute Gasteiger partial charge is 0.408 e. The minimum atomic E-state index is -2.56. The van der Waals surface area contributed by atoms with Gasteiger partial charge in [0.15, 0.2) is 0 Å². The average Bonchev–Trinajstić information content (AvgIpc) is 2.35. The van der Waals surface area contributed by atoms with Crippen LogP contribution in [0.25, 0.3) is 0 Å². The lowest BCUT2D eigenvalue weighted by molar-refractivity contribution is -0.113. The van der Waals surface area contributed by atoms with Crippen molar-refractivity contribution < 1.29 is 23.1 Å². The van der Waals surface area contributed by atoms with E-state index >= 15 is 0 Å². The summed E-state index contributed by atoms with van der Waals surface area (Å²) in [7, 11) is 0. The van der Waals surface area contributed by atoms with Crippen molar-refractivity contribution in [1.82, 2.24) is 5.32 Å². The van der Waals surface area contributed by atoms with Crippen LogP contribution in [0.4, 0.5) is 13.6 Å². The van der Waals surface area contributed by atoms with Crippen molar-refractivity contribution in [2.45, 2.75) is 49.5 Å². The largest absolute Gasteiger partial charge is 0.444 e. The fraction of sp³-hybridized carbons (Fsp3) is 0.467. The third-order valence-electron chi connectivity index (χ3n) is 2.66. The summed E-state index contributed by atoms with van der Waals surface area (Å²) in [6.45, 7) is 6.58. The summed E-state index contributed by atoms with van der Waals surface area (Å²) in [5, 5.41) is 2.47. The summed E-state index contributed by atoms with van der Waals surface area (Å²) in [5.74, 6) is -2.56. The van der Waals surface area contributed by atoms with Crippen LogP contribution in [-0.2, 0) is 15.1 Å². The summed E-state index contributed by atoms with van der Waals surface area (Å²) in [6.07, 6.45) is -0.211. The molecule has 0 radical (unpaired) electrons. The molecule has 7 heteroatoms. The Kier molecular flexibility index (Phi) is 5.93. The minimum Gasteiger partial charge on any atom is -0.444 e. The van der Waals surface area contributed by atoms with Crippen LogP contribution in [0.5, 0.6) is 0 Å². The minimum absolute atomic E-state index is 0.312. The van der Waals surface area contributed by atoms with Gasteiger partial charge in [0.05, 0.1) is 0 Å². The Morgan fingerprint density at radius 3 is 2.45 bits per heavy atom. The van der Waals surface area contributed by atoms with Gasteiger partial charge in [-0.05, 0) is 45.4 Å². The molecule has 1 unspecified atom stereocenters. The zero-order valence-electron chi connectivity index (χ0n) is 12.9. The van der Waals surface area contributed by atoms with Gasteiger partial charge in [-0.2, -0.15) is 8.78 Å². The van der Waals surface area contributed by atoms with Crippen molar-refractivity contribution in [2.75, 3.05) is 0 Å². The standard InChI is InChI=1S/C15H19F2NO3S/c1-14(2,3)21-13(20)18-15(4,9-19)10-6-5-7-11(8-10)22-12(16)17/h5-9,12H,1-4H3,(H,18,20). The van der Waals surface area contributed by atoms with Gasteiger partial charge in [-0.15, -0.1) is 0 Å². The molecular weight excluding hydrogens is 312 g/mol. The highest BCUT2D eigenvalue weighted by Gasteiger charge is 2.30. The van der Waals surface area contributed by atoms with Gasteiger partial charge in [-0.1, -0.05) is 23.9 Å². The maximum atomic E-state index is 12.4. The first kappa shape index (κ1) is 18.4. The lowest BCUT2D eigenvalue weighted by Gasteiger charge is -2.28. The molecule has 0 aliphatic rings. The summed E-state index contributed by atoms with van der Waals surface area (Å²) in [4.78, 5) is 23.6. The molecule has 0 aliphatic carbocycles. The second-order valence-electron chi connectivity index (χ2n) is 5.85. The van der Waals surface area contributed by atoms with Crippen LogP contribution >= 0.6 is 11.8 Å². The Bertz CT molecular complexity index is 546. The monoisotopic (exact) mass is 331 g/mol. The topological polar surface area (TPSA) is 55.4 Å². The van der Waals surface area contributed by atoms with Crippen molar-refractivity contribution in [3.05, 3.63) is 29.8 Å². The van der Waals surface area contributed by atoms with E-state index in [-0.39, 0.29) is 0 Å². The van der Waals surface area contributed by atoms with Crippen molar-refractivity contribution in [3.8, 4) is 0 Å². The lowest BCUT2D eigenvalue weighted by Crippen LogP contribution is -2.46. The van der Waals surface area contributed by atoms with Crippen LogP contribution < -0.4 is 5.32 Å². The molecule has 4 nitrogen and oxygen atoms in total. The van der Waals surface area contributed by atoms with Crippen LogP contribution in [0.2, 0.25) is 0 Å². The quantitative estimate of drug-likeness (QED) is 0.656. The average molecular weight is 331 g/mol. The zero-order chi connectivity index (χ0) is 17.0. The van der Waals surface area contributed by atoms with Crippen LogP contribution in [0.3, 0.4) is 0 Å². The van der Waals surface area contributed by atoms with E-state index in [9.17, 15) is 18.4 Å². The summed E-state index contributed by atoms with van der Waals surface area (Å²) in [5.41, 5.74) is -1.67. The van der Waals surface area contributed by atoms with Crippen LogP contribution in [0.15, 0.2) is 29.2 Å². The second-order valence-corrected chi connectivity index (χ2v) is 6.92. The molecule has 0 saturated carbocycles. The van der Waals surface area contributed by atoms with Crippen molar-refractivity contribution >= 4 is 24.1 Å². The molecule has 0 spiro atoms. The number of halogens is 2. The van der Waals surface area contributed by atoms with E-state index in [1.54, 1.807) is 32.9 Å². The van der Waals surface area contributed by atoms with Gasteiger partial charge in [0, 0.05) is 4.90 Å². The Morgan fingerprint density at radius 2 is 1.95 bits per heavy atom. The number of alkyl halides is 2. The number of hydrogen-bond donors (Lipinski definition) is 1. The van der Waals surface area contributed by atoms with Gasteiger partial charge in [-0.25, -0.2) is 4.79 Å². The fourth-order valence-corrected chi connectivity index (χ4v) is 2.24. The molecule has 1 atom stereocenters. The number of hydrogen-bond acceptors (Lipinski definition) is 4. The fourth-order valence-electron chi connectivity index (χ4n) is 1.68. The summed E-state index contributed by atoms with van der Waals surface area (Å²) in [6, 6.07) is 6.10. The van der Waals surface area contributed by atoms with Gasteiger partial charge in [-0.3, -0.25) is 0 Å². The number of benzene rings is 1. The van der Waals surface area contributed by atoms with E-state index in [0.717, 1.165) is 0 Å². The summed E-state index contributed by atoms with van der Waals surface area (Å²) < 4.78 is 30.0. The van der Waals surface area contributed by atoms with Crippen molar-refractivity contribution in [2.24, 2.45) is 0 Å². The molecule has 1 amide bonds. The Morgan fingerprint density at radius 1 is 1.32 bits per heavy atom. The molecule has 1 N–H and O–H groups in total. The van der Waals surface area contributed by atoms with E-state index in [2.05, 4.69) is 5.32 Å². The molecule has 1 aromatic rings. The molecule has 0 aromatic heterocycles. The van der Waals surface area contributed by atoms with Crippen LogP contribution in [0.1, 0.15) is 33.3 Å². The zero-order valence-corrected chi connectivity index (χ0v) is 13.7. The molecule has 0 heterocycles.